The van der Waals surface area contributed by atoms with Crippen LogP contribution in [0.4, 0.5) is 5.69 Å². The molecule has 1 aliphatic heterocycles. The van der Waals surface area contributed by atoms with Crippen LogP contribution in [-0.4, -0.2) is 25.2 Å². The number of nitrogens with zero attached hydrogens (tertiary/aromatic N) is 2. The molecule has 102 valence electrons. The van der Waals surface area contributed by atoms with Crippen molar-refractivity contribution < 1.29 is 0 Å². The van der Waals surface area contributed by atoms with Crippen LogP contribution in [0.5, 0.6) is 0 Å². The van der Waals surface area contributed by atoms with Crippen LogP contribution in [0, 0.1) is 17.2 Å². The lowest BCUT2D eigenvalue weighted by molar-refractivity contribution is 0.482. The summed E-state index contributed by atoms with van der Waals surface area (Å²) in [5, 5.41) is 12.6. The van der Waals surface area contributed by atoms with Crippen LogP contribution in [-0.2, 0) is 6.42 Å². The van der Waals surface area contributed by atoms with Gasteiger partial charge < -0.3 is 4.90 Å². The summed E-state index contributed by atoms with van der Waals surface area (Å²) in [6, 6.07) is 11.2. The third-order valence-corrected chi connectivity index (χ3v) is 3.53. The molecule has 0 radical (unpaired) electrons. The highest BCUT2D eigenvalue weighted by Gasteiger charge is 2.23. The maximum absolute atomic E-state index is 9.28. The van der Waals surface area contributed by atoms with Crippen LogP contribution in [0.1, 0.15) is 26.3 Å². The van der Waals surface area contributed by atoms with Crippen molar-refractivity contribution >= 4 is 5.69 Å². The molecule has 1 aromatic rings. The molecule has 0 fully saturated rings. The van der Waals surface area contributed by atoms with E-state index in [-0.39, 0.29) is 6.04 Å². The van der Waals surface area contributed by atoms with Crippen LogP contribution >= 0.6 is 0 Å². The van der Waals surface area contributed by atoms with Crippen molar-refractivity contribution in [2.75, 3.05) is 18.0 Å². The number of para-hydroxylation sites is 1. The number of nitriles is 1. The van der Waals surface area contributed by atoms with Gasteiger partial charge in [0.1, 0.15) is 6.04 Å². The van der Waals surface area contributed by atoms with Gasteiger partial charge in [0.05, 0.1) is 6.07 Å². The van der Waals surface area contributed by atoms with Gasteiger partial charge in [0.25, 0.3) is 0 Å². The van der Waals surface area contributed by atoms with Crippen molar-refractivity contribution in [3.63, 3.8) is 0 Å². The predicted octanol–water partition coefficient (Wildman–Crippen LogP) is 2.58. The van der Waals surface area contributed by atoms with Gasteiger partial charge in [-0.1, -0.05) is 25.1 Å². The van der Waals surface area contributed by atoms with Gasteiger partial charge in [0, 0.05) is 24.8 Å². The van der Waals surface area contributed by atoms with Crippen molar-refractivity contribution in [3.8, 4) is 6.07 Å². The van der Waals surface area contributed by atoms with Gasteiger partial charge in [-0.2, -0.15) is 5.26 Å². The second kappa shape index (κ2) is 6.08. The maximum atomic E-state index is 9.28. The van der Waals surface area contributed by atoms with Gasteiger partial charge >= 0.3 is 0 Å². The maximum Gasteiger partial charge on any atom is 0.113 e. The van der Waals surface area contributed by atoms with Crippen molar-refractivity contribution in [2.45, 2.75) is 39.3 Å². The number of hydrogen-bond donors (Lipinski definition) is 1. The molecule has 0 amide bonds. The topological polar surface area (TPSA) is 39.1 Å². The van der Waals surface area contributed by atoms with Gasteiger partial charge in [0.15, 0.2) is 0 Å². The number of hydrogen-bond acceptors (Lipinski definition) is 3. The highest BCUT2D eigenvalue weighted by atomic mass is 15.2. The Morgan fingerprint density at radius 1 is 1.42 bits per heavy atom. The van der Waals surface area contributed by atoms with Gasteiger partial charge in [-0.25, -0.2) is 0 Å². The first-order valence-electron chi connectivity index (χ1n) is 7.08. The molecule has 2 unspecified atom stereocenters. The summed E-state index contributed by atoms with van der Waals surface area (Å²) in [7, 11) is 0. The number of nitrogens with one attached hydrogen (secondary N) is 1. The Labute approximate surface area is 116 Å². The second-order valence-corrected chi connectivity index (χ2v) is 5.85. The molecule has 1 N–H and O–H groups in total. The predicted molar refractivity (Wildman–Crippen MR) is 79.2 cm³/mol. The molecule has 0 aliphatic carbocycles. The third-order valence-electron chi connectivity index (χ3n) is 3.53. The molecule has 2 rings (SSSR count). The smallest absolute Gasteiger partial charge is 0.113 e. The van der Waals surface area contributed by atoms with Crippen LogP contribution in [0.3, 0.4) is 0 Å². The Morgan fingerprint density at radius 3 is 2.84 bits per heavy atom. The summed E-state index contributed by atoms with van der Waals surface area (Å²) < 4.78 is 0. The van der Waals surface area contributed by atoms with E-state index in [9.17, 15) is 5.26 Å². The molecule has 1 heterocycles. The molecule has 2 atom stereocenters. The molecule has 0 saturated heterocycles. The Kier molecular flexibility index (Phi) is 4.44. The Balaban J connectivity index is 2.14. The Hall–Kier alpha value is -1.53. The number of rotatable bonds is 4. The summed E-state index contributed by atoms with van der Waals surface area (Å²) in [6.45, 7) is 8.24. The highest BCUT2D eigenvalue weighted by Crippen LogP contribution is 2.29. The minimum atomic E-state index is -0.113. The fraction of sp³-hybridized carbons (Fsp3) is 0.562. The number of anilines is 1. The van der Waals surface area contributed by atoms with Crippen LogP contribution in [0.15, 0.2) is 24.3 Å². The summed E-state index contributed by atoms with van der Waals surface area (Å²) in [5.41, 5.74) is 2.70. The molecular formula is C16H23N3. The summed E-state index contributed by atoms with van der Waals surface area (Å²) in [6.07, 6.45) is 1.14. The van der Waals surface area contributed by atoms with Gasteiger partial charge in [-0.15, -0.1) is 0 Å². The minimum absolute atomic E-state index is 0.113. The SMILES string of the molecule is CC1Cc2ccccc2N(CC(C#N)NC(C)C)C1. The third kappa shape index (κ3) is 3.48. The molecule has 19 heavy (non-hydrogen) atoms. The van der Waals surface area contributed by atoms with Gasteiger partial charge in [-0.3, -0.25) is 5.32 Å². The average molecular weight is 257 g/mol. The molecule has 3 nitrogen and oxygen atoms in total. The molecule has 0 aromatic heterocycles. The molecule has 3 heteroatoms. The average Bonchev–Trinajstić information content (AvgIpc) is 2.37. The largest absolute Gasteiger partial charge is 0.368 e. The van der Waals surface area contributed by atoms with E-state index in [0.717, 1.165) is 19.5 Å². The van der Waals surface area contributed by atoms with Crippen molar-refractivity contribution in [1.29, 1.82) is 5.26 Å². The molecule has 0 saturated carbocycles. The van der Waals surface area contributed by atoms with E-state index in [4.69, 9.17) is 0 Å². The molecular weight excluding hydrogens is 234 g/mol. The van der Waals surface area contributed by atoms with E-state index >= 15 is 0 Å². The molecule has 0 spiro atoms. The lowest BCUT2D eigenvalue weighted by Crippen LogP contribution is -2.46. The number of fused-ring (bicyclic) bond motifs is 1. The molecule has 0 bridgehead atoms. The van der Waals surface area contributed by atoms with E-state index in [1.807, 2.05) is 0 Å². The van der Waals surface area contributed by atoms with Crippen molar-refractivity contribution in [1.82, 2.24) is 5.32 Å². The minimum Gasteiger partial charge on any atom is -0.368 e. The first-order chi connectivity index (χ1) is 9.10. The van der Waals surface area contributed by atoms with Crippen LogP contribution in [0.25, 0.3) is 0 Å². The first kappa shape index (κ1) is 13.9. The fourth-order valence-corrected chi connectivity index (χ4v) is 2.83. The molecule has 1 aromatic carbocycles. The van der Waals surface area contributed by atoms with Crippen molar-refractivity contribution in [3.05, 3.63) is 29.8 Å². The summed E-state index contributed by atoms with van der Waals surface area (Å²) in [4.78, 5) is 2.35. The normalized spacial score (nSPS) is 19.9. The zero-order chi connectivity index (χ0) is 13.8. The van der Waals surface area contributed by atoms with E-state index in [2.05, 4.69) is 61.3 Å². The van der Waals surface area contributed by atoms with Gasteiger partial charge in [0.2, 0.25) is 0 Å². The fourth-order valence-electron chi connectivity index (χ4n) is 2.83. The zero-order valence-electron chi connectivity index (χ0n) is 12.1. The zero-order valence-corrected chi connectivity index (χ0v) is 12.1. The Bertz CT molecular complexity index is 461. The van der Waals surface area contributed by atoms with Crippen molar-refractivity contribution in [2.24, 2.45) is 5.92 Å². The summed E-state index contributed by atoms with van der Waals surface area (Å²) in [5.74, 6) is 0.647. The van der Waals surface area contributed by atoms with E-state index in [1.165, 1.54) is 11.3 Å². The highest BCUT2D eigenvalue weighted by molar-refractivity contribution is 5.56. The van der Waals surface area contributed by atoms with Crippen LogP contribution in [0.2, 0.25) is 0 Å². The van der Waals surface area contributed by atoms with E-state index in [0.29, 0.717) is 12.0 Å². The second-order valence-electron chi connectivity index (χ2n) is 5.85. The lowest BCUT2D eigenvalue weighted by Gasteiger charge is -2.36. The van der Waals surface area contributed by atoms with E-state index in [1.54, 1.807) is 0 Å². The standard InChI is InChI=1S/C16H23N3/c1-12(2)18-15(9-17)11-19-10-13(3)8-14-6-4-5-7-16(14)19/h4-7,12-13,15,18H,8,10-11H2,1-3H3. The van der Waals surface area contributed by atoms with Gasteiger partial charge in [-0.05, 0) is 37.8 Å². The van der Waals surface area contributed by atoms with Crippen LogP contribution < -0.4 is 10.2 Å². The lowest BCUT2D eigenvalue weighted by atomic mass is 9.93. The quantitative estimate of drug-likeness (QED) is 0.901. The number of benzene rings is 1. The Morgan fingerprint density at radius 2 is 2.16 bits per heavy atom. The molecule has 1 aliphatic rings. The summed E-state index contributed by atoms with van der Waals surface area (Å²) >= 11 is 0. The first-order valence-corrected chi connectivity index (χ1v) is 7.08. The monoisotopic (exact) mass is 257 g/mol. The van der Waals surface area contributed by atoms with E-state index < -0.39 is 0 Å².